The zero-order valence-corrected chi connectivity index (χ0v) is 16.6. The molecule has 0 amide bonds. The Morgan fingerprint density at radius 1 is 1.15 bits per heavy atom. The Balaban J connectivity index is 1.59. The van der Waals surface area contributed by atoms with Crippen molar-refractivity contribution in [2.24, 2.45) is 17.8 Å². The summed E-state index contributed by atoms with van der Waals surface area (Å²) in [6.07, 6.45) is 2.55. The van der Waals surface area contributed by atoms with E-state index in [0.29, 0.717) is 23.9 Å². The predicted molar refractivity (Wildman–Crippen MR) is 106 cm³/mol. The topological polar surface area (TPSA) is 38.7 Å². The van der Waals surface area contributed by atoms with Crippen molar-refractivity contribution in [3.05, 3.63) is 35.9 Å². The van der Waals surface area contributed by atoms with Crippen molar-refractivity contribution in [3.63, 3.8) is 0 Å². The summed E-state index contributed by atoms with van der Waals surface area (Å²) in [5, 5.41) is 14.6. The van der Waals surface area contributed by atoms with Crippen LogP contribution in [0.1, 0.15) is 32.3 Å². The van der Waals surface area contributed by atoms with Gasteiger partial charge in [-0.15, -0.1) is 0 Å². The highest BCUT2D eigenvalue weighted by atomic mass is 16.3. The Labute approximate surface area is 158 Å². The molecule has 4 rings (SSSR count). The number of benzene rings is 1. The molecule has 144 valence electrons. The Morgan fingerprint density at radius 3 is 2.46 bits per heavy atom. The number of likely N-dealkylation sites (tertiary alicyclic amines) is 2. The molecule has 0 unspecified atom stereocenters. The molecule has 0 spiro atoms. The van der Waals surface area contributed by atoms with Gasteiger partial charge in [0.25, 0.3) is 0 Å². The number of aliphatic hydroxyl groups excluding tert-OH is 1. The van der Waals surface area contributed by atoms with E-state index in [0.717, 1.165) is 19.0 Å². The molecule has 1 aromatic carbocycles. The molecule has 0 aliphatic carbocycles. The van der Waals surface area contributed by atoms with Gasteiger partial charge < -0.3 is 20.2 Å². The number of aliphatic hydroxyl groups is 1. The molecule has 0 saturated carbocycles. The Kier molecular flexibility index (Phi) is 5.13. The molecule has 0 radical (unpaired) electrons. The molecule has 3 heterocycles. The maximum Gasteiger partial charge on any atom is 0.0715 e. The van der Waals surface area contributed by atoms with E-state index in [2.05, 4.69) is 66.3 Å². The van der Waals surface area contributed by atoms with Gasteiger partial charge in [0, 0.05) is 31.1 Å². The number of hydrogen-bond donors (Lipinski definition) is 2. The van der Waals surface area contributed by atoms with E-state index in [4.69, 9.17) is 0 Å². The van der Waals surface area contributed by atoms with Crippen molar-refractivity contribution in [3.8, 4) is 0 Å². The molecule has 4 atom stereocenters. The number of nitrogens with zero attached hydrogens (tertiary/aromatic N) is 2. The van der Waals surface area contributed by atoms with Gasteiger partial charge in [-0.2, -0.15) is 0 Å². The first kappa shape index (κ1) is 18.4. The minimum Gasteiger partial charge on any atom is -0.394 e. The smallest absolute Gasteiger partial charge is 0.0715 e. The Hall–Kier alpha value is -0.940. The van der Waals surface area contributed by atoms with Crippen LogP contribution in [0.4, 0.5) is 0 Å². The minimum absolute atomic E-state index is 0.188. The van der Waals surface area contributed by atoms with Gasteiger partial charge >= 0.3 is 0 Å². The molecular formula is C22H35N3O. The molecule has 3 aliphatic rings. The first-order valence-electron chi connectivity index (χ1n) is 10.4. The average Bonchev–Trinajstić information content (AvgIpc) is 3.19. The van der Waals surface area contributed by atoms with Crippen LogP contribution in [0, 0.1) is 17.8 Å². The molecule has 4 nitrogen and oxygen atoms in total. The minimum atomic E-state index is -0.281. The summed E-state index contributed by atoms with van der Waals surface area (Å²) in [7, 11) is 2.24. The highest BCUT2D eigenvalue weighted by Crippen LogP contribution is 2.49. The summed E-state index contributed by atoms with van der Waals surface area (Å²) < 4.78 is 0. The molecule has 3 aliphatic heterocycles. The largest absolute Gasteiger partial charge is 0.394 e. The monoisotopic (exact) mass is 357 g/mol. The maximum atomic E-state index is 10.5. The lowest BCUT2D eigenvalue weighted by atomic mass is 9.75. The number of piperidine rings is 1. The van der Waals surface area contributed by atoms with Crippen molar-refractivity contribution < 1.29 is 5.11 Å². The van der Waals surface area contributed by atoms with Gasteiger partial charge in [-0.25, -0.2) is 0 Å². The quantitative estimate of drug-likeness (QED) is 0.866. The van der Waals surface area contributed by atoms with Gasteiger partial charge in [-0.3, -0.25) is 0 Å². The number of hydrogen-bond acceptors (Lipinski definition) is 4. The van der Waals surface area contributed by atoms with E-state index in [-0.39, 0.29) is 12.1 Å². The third-order valence-corrected chi connectivity index (χ3v) is 7.42. The summed E-state index contributed by atoms with van der Waals surface area (Å²) in [6, 6.07) is 11.9. The van der Waals surface area contributed by atoms with E-state index in [1.165, 1.54) is 31.5 Å². The summed E-state index contributed by atoms with van der Waals surface area (Å²) >= 11 is 0. The van der Waals surface area contributed by atoms with Gasteiger partial charge in [0.05, 0.1) is 12.1 Å². The first-order chi connectivity index (χ1) is 12.5. The molecule has 1 aromatic rings. The lowest BCUT2D eigenvalue weighted by Crippen LogP contribution is -2.52. The normalized spacial score (nSPS) is 36.7. The fourth-order valence-electron chi connectivity index (χ4n) is 5.98. The third-order valence-electron chi connectivity index (χ3n) is 7.42. The van der Waals surface area contributed by atoms with Crippen molar-refractivity contribution in [1.82, 2.24) is 15.1 Å². The van der Waals surface area contributed by atoms with Gasteiger partial charge in [-0.05, 0) is 64.2 Å². The van der Waals surface area contributed by atoms with Crippen molar-refractivity contribution in [1.29, 1.82) is 0 Å². The fraction of sp³-hybridized carbons (Fsp3) is 0.727. The van der Waals surface area contributed by atoms with E-state index in [9.17, 15) is 5.11 Å². The molecule has 3 saturated heterocycles. The maximum absolute atomic E-state index is 10.5. The van der Waals surface area contributed by atoms with Crippen LogP contribution in [-0.4, -0.2) is 66.8 Å². The second-order valence-corrected chi connectivity index (χ2v) is 9.12. The standard InChI is InChI=1S/C22H35N3O/c1-16(2)25-11-9-17(10-12-25)21-19-13-24(3)14-20(19)22(15-26,23-21)18-7-5-4-6-8-18/h4-8,16-17,19-21,23,26H,9-15H2,1-3H3/t19-,20+,21-,22-/m1/s1. The van der Waals surface area contributed by atoms with Gasteiger partial charge in [-0.1, -0.05) is 30.3 Å². The summed E-state index contributed by atoms with van der Waals surface area (Å²) in [5.41, 5.74) is 0.978. The second kappa shape index (κ2) is 7.23. The Morgan fingerprint density at radius 2 is 1.85 bits per heavy atom. The lowest BCUT2D eigenvalue weighted by Gasteiger charge is -2.40. The number of rotatable bonds is 4. The zero-order chi connectivity index (χ0) is 18.3. The fourth-order valence-corrected chi connectivity index (χ4v) is 5.98. The molecular weight excluding hydrogens is 322 g/mol. The number of nitrogens with one attached hydrogen (secondary N) is 1. The van der Waals surface area contributed by atoms with Crippen LogP contribution in [-0.2, 0) is 5.54 Å². The number of fused-ring (bicyclic) bond motifs is 1. The lowest BCUT2D eigenvalue weighted by molar-refractivity contribution is 0.107. The highest BCUT2D eigenvalue weighted by Gasteiger charge is 2.58. The van der Waals surface area contributed by atoms with Crippen LogP contribution in [0.15, 0.2) is 30.3 Å². The van der Waals surface area contributed by atoms with Crippen LogP contribution in [0.3, 0.4) is 0 Å². The zero-order valence-electron chi connectivity index (χ0n) is 16.6. The predicted octanol–water partition coefficient (Wildman–Crippen LogP) is 2.14. The average molecular weight is 358 g/mol. The van der Waals surface area contributed by atoms with Crippen molar-refractivity contribution in [2.45, 2.75) is 44.3 Å². The summed E-state index contributed by atoms with van der Waals surface area (Å²) in [4.78, 5) is 5.08. The van der Waals surface area contributed by atoms with Crippen molar-refractivity contribution in [2.75, 3.05) is 39.8 Å². The van der Waals surface area contributed by atoms with E-state index in [1.54, 1.807) is 0 Å². The van der Waals surface area contributed by atoms with Crippen LogP contribution in [0.2, 0.25) is 0 Å². The van der Waals surface area contributed by atoms with Crippen LogP contribution in [0.5, 0.6) is 0 Å². The molecule has 3 fully saturated rings. The van der Waals surface area contributed by atoms with Gasteiger partial charge in [0.15, 0.2) is 0 Å². The van der Waals surface area contributed by atoms with Crippen LogP contribution in [0.25, 0.3) is 0 Å². The highest BCUT2D eigenvalue weighted by molar-refractivity contribution is 5.30. The van der Waals surface area contributed by atoms with E-state index in [1.807, 2.05) is 0 Å². The second-order valence-electron chi connectivity index (χ2n) is 9.12. The SMILES string of the molecule is CC(C)N1CCC([C@H]2N[C@](CO)(c3ccccc3)[C@H]3CN(C)C[C@@H]23)CC1. The molecule has 0 aromatic heterocycles. The summed E-state index contributed by atoms with van der Waals surface area (Å²) in [6.45, 7) is 9.46. The molecule has 4 heteroatoms. The van der Waals surface area contributed by atoms with Crippen molar-refractivity contribution >= 4 is 0 Å². The Bertz CT molecular complexity index is 599. The molecule has 26 heavy (non-hydrogen) atoms. The first-order valence-corrected chi connectivity index (χ1v) is 10.4. The van der Waals surface area contributed by atoms with Gasteiger partial charge in [0.1, 0.15) is 0 Å². The van der Waals surface area contributed by atoms with Crippen LogP contribution >= 0.6 is 0 Å². The molecule has 0 bridgehead atoms. The molecule has 2 N–H and O–H groups in total. The van der Waals surface area contributed by atoms with Crippen LogP contribution < -0.4 is 5.32 Å². The van der Waals surface area contributed by atoms with E-state index >= 15 is 0 Å². The third kappa shape index (κ3) is 3.01. The summed E-state index contributed by atoms with van der Waals surface area (Å²) in [5.74, 6) is 1.86. The van der Waals surface area contributed by atoms with E-state index < -0.39 is 0 Å². The van der Waals surface area contributed by atoms with Gasteiger partial charge in [0.2, 0.25) is 0 Å².